The number of H-pyrrole nitrogens is 1. The number of carbonyl (C=O) groups is 1. The molecule has 2 rings (SSSR count). The van der Waals surface area contributed by atoms with Crippen LogP contribution in [0.15, 0.2) is 18.3 Å². The van der Waals surface area contributed by atoms with Gasteiger partial charge >= 0.3 is 0 Å². The molecule has 0 aliphatic carbocycles. The van der Waals surface area contributed by atoms with Crippen LogP contribution in [0.25, 0.3) is 10.9 Å². The van der Waals surface area contributed by atoms with E-state index in [1.165, 1.54) is 13.0 Å². The van der Waals surface area contributed by atoms with Gasteiger partial charge in [0.15, 0.2) is 5.78 Å². The molecule has 72 valence electrons. The molecule has 0 spiro atoms. The Bertz CT molecular complexity index is 513. The molecule has 1 heterocycles. The highest BCUT2D eigenvalue weighted by Crippen LogP contribution is 2.21. The zero-order chi connectivity index (χ0) is 10.3. The van der Waals surface area contributed by atoms with Gasteiger partial charge in [-0.1, -0.05) is 0 Å². The van der Waals surface area contributed by atoms with E-state index in [4.69, 9.17) is 0 Å². The van der Waals surface area contributed by atoms with E-state index in [1.54, 1.807) is 12.3 Å². The summed E-state index contributed by atoms with van der Waals surface area (Å²) in [5.41, 5.74) is 1.92. The first-order valence-corrected chi connectivity index (χ1v) is 4.38. The number of nitrogens with one attached hydrogen (secondary N) is 1. The van der Waals surface area contributed by atoms with E-state index >= 15 is 0 Å². The number of benzene rings is 1. The van der Waals surface area contributed by atoms with Crippen molar-refractivity contribution < 1.29 is 9.18 Å². The topological polar surface area (TPSA) is 32.9 Å². The van der Waals surface area contributed by atoms with Crippen molar-refractivity contribution in [2.75, 3.05) is 0 Å². The quantitative estimate of drug-likeness (QED) is 0.691. The standard InChI is InChI=1S/C11H10FNO/c1-6-5-13-11-4-9(7(2)14)10(12)3-8(6)11/h3-5,13H,1-2H3. The fraction of sp³-hybridized carbons (Fsp3) is 0.182. The Hall–Kier alpha value is -1.64. The zero-order valence-corrected chi connectivity index (χ0v) is 8.02. The zero-order valence-electron chi connectivity index (χ0n) is 8.02. The van der Waals surface area contributed by atoms with Gasteiger partial charge in [-0.05, 0) is 31.5 Å². The van der Waals surface area contributed by atoms with Crippen LogP contribution in [0, 0.1) is 12.7 Å². The number of aromatic amines is 1. The summed E-state index contributed by atoms with van der Waals surface area (Å²) in [5, 5.41) is 0.826. The smallest absolute Gasteiger partial charge is 0.162 e. The third-order valence-electron chi connectivity index (χ3n) is 2.36. The average Bonchev–Trinajstić information content (AvgIpc) is 2.46. The molecule has 2 nitrogen and oxygen atoms in total. The summed E-state index contributed by atoms with van der Waals surface area (Å²) in [6, 6.07) is 2.96. The maximum atomic E-state index is 13.4. The predicted octanol–water partition coefficient (Wildman–Crippen LogP) is 2.82. The fourth-order valence-electron chi connectivity index (χ4n) is 1.55. The molecule has 1 N–H and O–H groups in total. The van der Waals surface area contributed by atoms with Crippen molar-refractivity contribution >= 4 is 16.7 Å². The van der Waals surface area contributed by atoms with Gasteiger partial charge in [-0.2, -0.15) is 0 Å². The molecule has 0 aliphatic rings. The highest BCUT2D eigenvalue weighted by atomic mass is 19.1. The summed E-state index contributed by atoms with van der Waals surface area (Å²) in [6.07, 6.45) is 1.80. The number of rotatable bonds is 1. The van der Waals surface area contributed by atoms with Crippen molar-refractivity contribution in [3.8, 4) is 0 Å². The fourth-order valence-corrected chi connectivity index (χ4v) is 1.55. The second kappa shape index (κ2) is 2.94. The van der Waals surface area contributed by atoms with Crippen LogP contribution in [0.5, 0.6) is 0 Å². The Morgan fingerprint density at radius 3 is 2.79 bits per heavy atom. The minimum Gasteiger partial charge on any atom is -0.361 e. The lowest BCUT2D eigenvalue weighted by molar-refractivity contribution is 0.101. The van der Waals surface area contributed by atoms with E-state index in [9.17, 15) is 9.18 Å². The van der Waals surface area contributed by atoms with E-state index in [0.29, 0.717) is 0 Å². The Balaban J connectivity index is 2.79. The van der Waals surface area contributed by atoms with Gasteiger partial charge in [0, 0.05) is 17.1 Å². The average molecular weight is 191 g/mol. The minimum atomic E-state index is -0.451. The highest BCUT2D eigenvalue weighted by molar-refractivity contribution is 5.98. The van der Waals surface area contributed by atoms with Crippen LogP contribution < -0.4 is 0 Å². The third kappa shape index (κ3) is 1.21. The molecular formula is C11H10FNO. The lowest BCUT2D eigenvalue weighted by Crippen LogP contribution is -1.96. The van der Waals surface area contributed by atoms with Crippen molar-refractivity contribution in [2.24, 2.45) is 0 Å². The second-order valence-electron chi connectivity index (χ2n) is 3.41. The number of halogens is 1. The van der Waals surface area contributed by atoms with Gasteiger partial charge in [0.05, 0.1) is 5.56 Å². The highest BCUT2D eigenvalue weighted by Gasteiger charge is 2.10. The third-order valence-corrected chi connectivity index (χ3v) is 2.36. The van der Waals surface area contributed by atoms with Crippen LogP contribution in [-0.2, 0) is 0 Å². The van der Waals surface area contributed by atoms with Crippen LogP contribution >= 0.6 is 0 Å². The Kier molecular flexibility index (Phi) is 1.88. The van der Waals surface area contributed by atoms with Gasteiger partial charge in [0.25, 0.3) is 0 Å². The molecule has 3 heteroatoms. The van der Waals surface area contributed by atoms with Gasteiger partial charge in [-0.15, -0.1) is 0 Å². The summed E-state index contributed by atoms with van der Waals surface area (Å²) >= 11 is 0. The lowest BCUT2D eigenvalue weighted by atomic mass is 10.1. The van der Waals surface area contributed by atoms with Crippen molar-refractivity contribution in [2.45, 2.75) is 13.8 Å². The number of fused-ring (bicyclic) bond motifs is 1. The maximum Gasteiger partial charge on any atom is 0.162 e. The molecule has 0 fully saturated rings. The molecule has 0 radical (unpaired) electrons. The monoisotopic (exact) mass is 191 g/mol. The molecule has 0 saturated heterocycles. The molecule has 1 aromatic heterocycles. The number of aromatic nitrogens is 1. The van der Waals surface area contributed by atoms with Crippen molar-refractivity contribution in [1.82, 2.24) is 4.98 Å². The normalized spacial score (nSPS) is 10.8. The van der Waals surface area contributed by atoms with E-state index in [0.717, 1.165) is 16.5 Å². The van der Waals surface area contributed by atoms with E-state index in [2.05, 4.69) is 4.98 Å². The SMILES string of the molecule is CC(=O)c1cc2[nH]cc(C)c2cc1F. The number of hydrogen-bond acceptors (Lipinski definition) is 1. The Labute approximate surface area is 80.7 Å². The van der Waals surface area contributed by atoms with Crippen LogP contribution in [0.4, 0.5) is 4.39 Å². The predicted molar refractivity (Wildman–Crippen MR) is 53.0 cm³/mol. The Morgan fingerprint density at radius 1 is 1.43 bits per heavy atom. The summed E-state index contributed by atoms with van der Waals surface area (Å²) < 4.78 is 13.4. The van der Waals surface area contributed by atoms with Crippen LogP contribution in [-0.4, -0.2) is 10.8 Å². The number of Topliss-reactive ketones (excluding diaryl/α,β-unsaturated/α-hetero) is 1. The first-order chi connectivity index (χ1) is 6.59. The maximum absolute atomic E-state index is 13.4. The molecule has 14 heavy (non-hydrogen) atoms. The van der Waals surface area contributed by atoms with Crippen LogP contribution in [0.1, 0.15) is 22.8 Å². The summed E-state index contributed by atoms with van der Waals surface area (Å²) in [5.74, 6) is -0.704. The summed E-state index contributed by atoms with van der Waals surface area (Å²) in [7, 11) is 0. The minimum absolute atomic E-state index is 0.138. The molecular weight excluding hydrogens is 181 g/mol. The molecule has 0 saturated carbocycles. The van der Waals surface area contributed by atoms with Gasteiger partial charge in [0.2, 0.25) is 0 Å². The van der Waals surface area contributed by atoms with Gasteiger partial charge < -0.3 is 4.98 Å². The van der Waals surface area contributed by atoms with Crippen LogP contribution in [0.3, 0.4) is 0 Å². The number of ketones is 1. The molecule has 2 aromatic rings. The molecule has 1 aromatic carbocycles. The largest absolute Gasteiger partial charge is 0.361 e. The van der Waals surface area contributed by atoms with Crippen molar-refractivity contribution in [3.05, 3.63) is 35.3 Å². The molecule has 0 atom stereocenters. The second-order valence-corrected chi connectivity index (χ2v) is 3.41. The first kappa shape index (κ1) is 8.94. The lowest BCUT2D eigenvalue weighted by Gasteiger charge is -1.99. The molecule has 0 aliphatic heterocycles. The molecule has 0 amide bonds. The first-order valence-electron chi connectivity index (χ1n) is 4.38. The molecule has 0 bridgehead atoms. The van der Waals surface area contributed by atoms with Gasteiger partial charge in [0.1, 0.15) is 5.82 Å². The van der Waals surface area contributed by atoms with E-state index in [1.807, 2.05) is 6.92 Å². The number of carbonyl (C=O) groups excluding carboxylic acids is 1. The number of hydrogen-bond donors (Lipinski definition) is 1. The van der Waals surface area contributed by atoms with Crippen LogP contribution in [0.2, 0.25) is 0 Å². The van der Waals surface area contributed by atoms with Gasteiger partial charge in [-0.25, -0.2) is 4.39 Å². The summed E-state index contributed by atoms with van der Waals surface area (Å²) in [4.78, 5) is 14.1. The van der Waals surface area contributed by atoms with E-state index in [-0.39, 0.29) is 11.3 Å². The summed E-state index contributed by atoms with van der Waals surface area (Å²) in [6.45, 7) is 3.26. The van der Waals surface area contributed by atoms with Crippen molar-refractivity contribution in [1.29, 1.82) is 0 Å². The van der Waals surface area contributed by atoms with E-state index < -0.39 is 5.82 Å². The van der Waals surface area contributed by atoms with Gasteiger partial charge in [-0.3, -0.25) is 4.79 Å². The van der Waals surface area contributed by atoms with Crippen molar-refractivity contribution in [3.63, 3.8) is 0 Å². The Morgan fingerprint density at radius 2 is 2.14 bits per heavy atom. The number of aryl methyl sites for hydroxylation is 1. The molecule has 0 unspecified atom stereocenters.